The van der Waals surface area contributed by atoms with Crippen LogP contribution in [0.2, 0.25) is 0 Å². The SMILES string of the molecule is Cc1ccc2nc(-c3nc(C4=CCC5(CC4)OCCO5)cnc3N)[nH]c2c1. The third-order valence-electron chi connectivity index (χ3n) is 5.24. The first-order valence-corrected chi connectivity index (χ1v) is 9.18. The Balaban J connectivity index is 1.50. The first-order valence-electron chi connectivity index (χ1n) is 9.18. The molecule has 0 atom stereocenters. The van der Waals surface area contributed by atoms with E-state index in [1.165, 1.54) is 5.56 Å². The molecule has 2 aromatic heterocycles. The zero-order valence-electron chi connectivity index (χ0n) is 15.2. The fourth-order valence-electron chi connectivity index (χ4n) is 3.76. The molecule has 27 heavy (non-hydrogen) atoms. The van der Waals surface area contributed by atoms with Crippen molar-refractivity contribution in [3.8, 4) is 11.5 Å². The molecule has 2 aliphatic rings. The lowest BCUT2D eigenvalue weighted by Gasteiger charge is -2.30. The number of imidazole rings is 1. The molecule has 1 saturated heterocycles. The van der Waals surface area contributed by atoms with E-state index in [1.54, 1.807) is 6.20 Å². The van der Waals surface area contributed by atoms with Gasteiger partial charge in [0.25, 0.3) is 0 Å². The molecule has 3 aromatic rings. The summed E-state index contributed by atoms with van der Waals surface area (Å²) < 4.78 is 11.6. The highest BCUT2D eigenvalue weighted by Gasteiger charge is 2.38. The minimum absolute atomic E-state index is 0.366. The van der Waals surface area contributed by atoms with Crippen LogP contribution in [-0.4, -0.2) is 38.9 Å². The number of anilines is 1. The van der Waals surface area contributed by atoms with Gasteiger partial charge in [0.15, 0.2) is 17.4 Å². The van der Waals surface area contributed by atoms with E-state index >= 15 is 0 Å². The second-order valence-corrected chi connectivity index (χ2v) is 7.14. The molecule has 7 heteroatoms. The number of nitrogens with zero attached hydrogens (tertiary/aromatic N) is 3. The van der Waals surface area contributed by atoms with E-state index < -0.39 is 5.79 Å². The van der Waals surface area contributed by atoms with E-state index in [2.05, 4.69) is 34.0 Å². The van der Waals surface area contributed by atoms with Gasteiger partial charge in [0.2, 0.25) is 0 Å². The second kappa shape index (κ2) is 6.14. The van der Waals surface area contributed by atoms with Crippen molar-refractivity contribution in [1.29, 1.82) is 0 Å². The smallest absolute Gasteiger partial charge is 0.172 e. The Morgan fingerprint density at radius 2 is 2.04 bits per heavy atom. The maximum Gasteiger partial charge on any atom is 0.172 e. The lowest BCUT2D eigenvalue weighted by Crippen LogP contribution is -2.31. The number of hydrogen-bond donors (Lipinski definition) is 2. The lowest BCUT2D eigenvalue weighted by atomic mass is 9.92. The highest BCUT2D eigenvalue weighted by atomic mass is 16.7. The van der Waals surface area contributed by atoms with Gasteiger partial charge >= 0.3 is 0 Å². The Labute approximate surface area is 156 Å². The second-order valence-electron chi connectivity index (χ2n) is 7.14. The topological polar surface area (TPSA) is 98.9 Å². The molecule has 1 fully saturated rings. The molecule has 7 nitrogen and oxygen atoms in total. The largest absolute Gasteiger partial charge is 0.382 e. The van der Waals surface area contributed by atoms with Crippen LogP contribution in [0.4, 0.5) is 5.82 Å². The van der Waals surface area contributed by atoms with Crippen LogP contribution in [0.1, 0.15) is 30.5 Å². The summed E-state index contributed by atoms with van der Waals surface area (Å²) in [6.07, 6.45) is 6.25. The maximum atomic E-state index is 6.10. The number of ether oxygens (including phenoxy) is 2. The predicted molar refractivity (Wildman–Crippen MR) is 103 cm³/mol. The molecule has 0 amide bonds. The van der Waals surface area contributed by atoms with Crippen LogP contribution in [0.3, 0.4) is 0 Å². The van der Waals surface area contributed by atoms with Gasteiger partial charge in [0, 0.05) is 12.8 Å². The summed E-state index contributed by atoms with van der Waals surface area (Å²) in [6.45, 7) is 3.38. The lowest BCUT2D eigenvalue weighted by molar-refractivity contribution is -0.159. The Morgan fingerprint density at radius 1 is 1.19 bits per heavy atom. The fourth-order valence-corrected chi connectivity index (χ4v) is 3.76. The first kappa shape index (κ1) is 16.4. The average Bonchev–Trinajstić information content (AvgIpc) is 3.30. The van der Waals surface area contributed by atoms with Crippen molar-refractivity contribution in [2.75, 3.05) is 18.9 Å². The van der Waals surface area contributed by atoms with Gasteiger partial charge < -0.3 is 20.2 Å². The number of fused-ring (bicyclic) bond motifs is 1. The summed E-state index contributed by atoms with van der Waals surface area (Å²) in [6, 6.07) is 6.08. The molecular formula is C20H21N5O2. The van der Waals surface area contributed by atoms with Crippen LogP contribution in [0.25, 0.3) is 28.1 Å². The van der Waals surface area contributed by atoms with Crippen LogP contribution in [-0.2, 0) is 9.47 Å². The van der Waals surface area contributed by atoms with Gasteiger partial charge in [0.1, 0.15) is 5.69 Å². The van der Waals surface area contributed by atoms with Crippen molar-refractivity contribution in [2.45, 2.75) is 32.0 Å². The van der Waals surface area contributed by atoms with Crippen molar-refractivity contribution in [1.82, 2.24) is 19.9 Å². The van der Waals surface area contributed by atoms with Crippen molar-refractivity contribution < 1.29 is 9.47 Å². The standard InChI is InChI=1S/C20H21N5O2/c1-12-2-3-14-15(10-12)25-19(24-14)17-18(21)22-11-16(23-17)13-4-6-20(7-5-13)26-8-9-27-20/h2-4,10-11H,5-9H2,1H3,(H2,21,22)(H,24,25). The van der Waals surface area contributed by atoms with Crippen molar-refractivity contribution in [2.24, 2.45) is 0 Å². The number of hydrogen-bond acceptors (Lipinski definition) is 6. The monoisotopic (exact) mass is 363 g/mol. The molecule has 0 saturated carbocycles. The number of nitrogens with one attached hydrogen (secondary N) is 1. The van der Waals surface area contributed by atoms with Gasteiger partial charge in [-0.3, -0.25) is 0 Å². The summed E-state index contributed by atoms with van der Waals surface area (Å²) in [5.74, 6) is 0.562. The molecule has 3 N–H and O–H groups in total. The van der Waals surface area contributed by atoms with Crippen molar-refractivity contribution in [3.63, 3.8) is 0 Å². The molecule has 0 radical (unpaired) electrons. The summed E-state index contributed by atoms with van der Waals surface area (Å²) in [7, 11) is 0. The summed E-state index contributed by atoms with van der Waals surface area (Å²) >= 11 is 0. The summed E-state index contributed by atoms with van der Waals surface area (Å²) in [5.41, 5.74) is 11.7. The van der Waals surface area contributed by atoms with Gasteiger partial charge in [-0.1, -0.05) is 12.1 Å². The molecule has 5 rings (SSSR count). The molecule has 1 aliphatic carbocycles. The summed E-state index contributed by atoms with van der Waals surface area (Å²) in [4.78, 5) is 17.1. The van der Waals surface area contributed by atoms with Crippen LogP contribution in [0, 0.1) is 6.92 Å². The van der Waals surface area contributed by atoms with E-state index in [4.69, 9.17) is 20.2 Å². The molecular weight excluding hydrogens is 342 g/mol. The molecule has 0 bridgehead atoms. The summed E-state index contributed by atoms with van der Waals surface area (Å²) in [5, 5.41) is 0. The number of aromatic nitrogens is 4. The number of benzene rings is 1. The molecule has 1 aromatic carbocycles. The number of aromatic amines is 1. The normalized spacial score (nSPS) is 18.9. The van der Waals surface area contributed by atoms with Gasteiger partial charge in [-0.2, -0.15) is 0 Å². The maximum absolute atomic E-state index is 6.10. The highest BCUT2D eigenvalue weighted by Crippen LogP contribution is 2.38. The zero-order chi connectivity index (χ0) is 18.4. The number of aryl methyl sites for hydroxylation is 1. The van der Waals surface area contributed by atoms with Crippen LogP contribution in [0.5, 0.6) is 0 Å². The van der Waals surface area contributed by atoms with Crippen LogP contribution >= 0.6 is 0 Å². The minimum Gasteiger partial charge on any atom is -0.382 e. The Morgan fingerprint density at radius 3 is 2.81 bits per heavy atom. The predicted octanol–water partition coefficient (Wildman–Crippen LogP) is 3.22. The third-order valence-corrected chi connectivity index (χ3v) is 5.24. The number of nitrogen functional groups attached to an aromatic ring is 1. The number of rotatable bonds is 2. The van der Waals surface area contributed by atoms with E-state index in [1.807, 2.05) is 12.1 Å². The van der Waals surface area contributed by atoms with E-state index in [9.17, 15) is 0 Å². The van der Waals surface area contributed by atoms with E-state index in [0.29, 0.717) is 30.5 Å². The molecule has 1 spiro atoms. The molecule has 138 valence electrons. The van der Waals surface area contributed by atoms with Gasteiger partial charge in [-0.15, -0.1) is 0 Å². The number of allylic oxidation sites excluding steroid dienone is 1. The number of H-pyrrole nitrogens is 1. The van der Waals surface area contributed by atoms with Crippen molar-refractivity contribution >= 4 is 22.4 Å². The zero-order valence-corrected chi connectivity index (χ0v) is 15.2. The van der Waals surface area contributed by atoms with Gasteiger partial charge in [-0.05, 0) is 36.6 Å². The first-order chi connectivity index (χ1) is 13.1. The van der Waals surface area contributed by atoms with Gasteiger partial charge in [0.05, 0.1) is 36.1 Å². The van der Waals surface area contributed by atoms with Crippen molar-refractivity contribution in [3.05, 3.63) is 41.7 Å². The Hall–Kier alpha value is -2.77. The van der Waals surface area contributed by atoms with E-state index in [-0.39, 0.29) is 0 Å². The molecule has 0 unspecified atom stereocenters. The average molecular weight is 363 g/mol. The van der Waals surface area contributed by atoms with Crippen LogP contribution < -0.4 is 5.73 Å². The highest BCUT2D eigenvalue weighted by molar-refractivity contribution is 5.81. The fraction of sp³-hybridized carbons (Fsp3) is 0.350. The third kappa shape index (κ3) is 2.89. The quantitative estimate of drug-likeness (QED) is 0.725. The molecule has 1 aliphatic heterocycles. The van der Waals surface area contributed by atoms with E-state index in [0.717, 1.165) is 41.6 Å². The number of nitrogens with two attached hydrogens (primary N) is 1. The molecule has 3 heterocycles. The Bertz CT molecular complexity index is 1050. The van der Waals surface area contributed by atoms with Gasteiger partial charge in [-0.25, -0.2) is 15.0 Å². The van der Waals surface area contributed by atoms with Crippen LogP contribution in [0.15, 0.2) is 30.5 Å². The Kier molecular flexibility index (Phi) is 3.73. The minimum atomic E-state index is -0.440.